The third-order valence-corrected chi connectivity index (χ3v) is 4.62. The average Bonchev–Trinajstić information content (AvgIpc) is 3.19. The lowest BCUT2D eigenvalue weighted by molar-refractivity contribution is 0.0963. The van der Waals surface area contributed by atoms with E-state index in [9.17, 15) is 4.79 Å². The van der Waals surface area contributed by atoms with Gasteiger partial charge < -0.3 is 20.5 Å². The van der Waals surface area contributed by atoms with Crippen LogP contribution in [0.15, 0.2) is 39.8 Å². The summed E-state index contributed by atoms with van der Waals surface area (Å²) in [6, 6.07) is 9.45. The molecule has 1 aromatic carbocycles. The molecule has 0 radical (unpaired) electrons. The molecule has 0 fully saturated rings. The highest BCUT2D eigenvalue weighted by Gasteiger charge is 2.13. The van der Waals surface area contributed by atoms with Crippen molar-refractivity contribution in [2.45, 2.75) is 52.6 Å². The molecular formula is C21H31N5O2. The number of nitrogens with one attached hydrogen (secondary N) is 3. The maximum absolute atomic E-state index is 11.6. The standard InChI is InChI=1S/C21H31N5O2/c1-5-16(6-2)19-12-18(28-26-19)14-25-21(23-7-3)24-13-15-8-10-17(11-9-15)20(27)22-4/h8-12,16H,5-7,13-14H2,1-4H3,(H,22,27)(H2,23,24,25). The Hall–Kier alpha value is -2.83. The predicted octanol–water partition coefficient (Wildman–Crippen LogP) is 3.19. The molecular weight excluding hydrogens is 354 g/mol. The SMILES string of the molecule is CCNC(=NCc1ccc(C(=O)NC)cc1)NCc1cc(C(CC)CC)no1. The van der Waals surface area contributed by atoms with Crippen LogP contribution < -0.4 is 16.0 Å². The van der Waals surface area contributed by atoms with E-state index in [0.29, 0.717) is 30.5 Å². The number of aromatic nitrogens is 1. The molecule has 0 spiro atoms. The molecule has 1 heterocycles. The molecule has 7 nitrogen and oxygen atoms in total. The summed E-state index contributed by atoms with van der Waals surface area (Å²) in [5.41, 5.74) is 2.68. The Kier molecular flexibility index (Phi) is 8.52. The maximum Gasteiger partial charge on any atom is 0.251 e. The van der Waals surface area contributed by atoms with Crippen LogP contribution in [0.5, 0.6) is 0 Å². The van der Waals surface area contributed by atoms with Gasteiger partial charge in [0, 0.05) is 31.1 Å². The first-order chi connectivity index (χ1) is 13.6. The molecule has 7 heteroatoms. The maximum atomic E-state index is 11.6. The predicted molar refractivity (Wildman–Crippen MR) is 111 cm³/mol. The summed E-state index contributed by atoms with van der Waals surface area (Å²) in [4.78, 5) is 16.2. The Labute approximate surface area is 167 Å². The minimum Gasteiger partial charge on any atom is -0.359 e. The van der Waals surface area contributed by atoms with E-state index in [4.69, 9.17) is 4.52 Å². The Balaban J connectivity index is 1.96. The molecule has 0 aliphatic carbocycles. The van der Waals surface area contributed by atoms with Gasteiger partial charge in [-0.3, -0.25) is 4.79 Å². The van der Waals surface area contributed by atoms with E-state index in [-0.39, 0.29) is 5.91 Å². The first-order valence-corrected chi connectivity index (χ1v) is 9.89. The van der Waals surface area contributed by atoms with E-state index in [0.717, 1.165) is 36.4 Å². The number of guanidine groups is 1. The van der Waals surface area contributed by atoms with Crippen molar-refractivity contribution in [1.82, 2.24) is 21.1 Å². The number of benzene rings is 1. The Morgan fingerprint density at radius 2 is 1.86 bits per heavy atom. The lowest BCUT2D eigenvalue weighted by Gasteiger charge is -2.10. The zero-order valence-corrected chi connectivity index (χ0v) is 17.2. The number of carbonyl (C=O) groups is 1. The highest BCUT2D eigenvalue weighted by atomic mass is 16.5. The van der Waals surface area contributed by atoms with Crippen molar-refractivity contribution < 1.29 is 9.32 Å². The molecule has 0 aliphatic rings. The van der Waals surface area contributed by atoms with Crippen LogP contribution in [0.2, 0.25) is 0 Å². The molecule has 0 saturated heterocycles. The molecule has 0 saturated carbocycles. The fourth-order valence-electron chi connectivity index (χ4n) is 2.90. The smallest absolute Gasteiger partial charge is 0.251 e. The number of amides is 1. The summed E-state index contributed by atoms with van der Waals surface area (Å²) < 4.78 is 5.45. The van der Waals surface area contributed by atoms with Gasteiger partial charge in [-0.2, -0.15) is 0 Å². The summed E-state index contributed by atoms with van der Waals surface area (Å²) >= 11 is 0. The largest absolute Gasteiger partial charge is 0.359 e. The number of hydrogen-bond acceptors (Lipinski definition) is 4. The number of rotatable bonds is 9. The number of nitrogens with zero attached hydrogens (tertiary/aromatic N) is 2. The molecule has 0 atom stereocenters. The minimum absolute atomic E-state index is 0.0927. The van der Waals surface area contributed by atoms with Crippen LogP contribution in [0.25, 0.3) is 0 Å². The molecule has 2 rings (SSSR count). The molecule has 1 aromatic heterocycles. The van der Waals surface area contributed by atoms with Gasteiger partial charge in [0.05, 0.1) is 18.8 Å². The highest BCUT2D eigenvalue weighted by Crippen LogP contribution is 2.22. The monoisotopic (exact) mass is 385 g/mol. The van der Waals surface area contributed by atoms with Crippen LogP contribution in [0, 0.1) is 0 Å². The van der Waals surface area contributed by atoms with Gasteiger partial charge in [0.25, 0.3) is 5.91 Å². The second kappa shape index (κ2) is 11.1. The Bertz CT molecular complexity index is 763. The summed E-state index contributed by atoms with van der Waals surface area (Å²) in [6.07, 6.45) is 2.11. The van der Waals surface area contributed by atoms with Gasteiger partial charge in [0.1, 0.15) is 0 Å². The molecule has 0 unspecified atom stereocenters. The molecule has 2 aromatic rings. The van der Waals surface area contributed by atoms with E-state index >= 15 is 0 Å². The van der Waals surface area contributed by atoms with Gasteiger partial charge in [-0.25, -0.2) is 4.99 Å². The summed E-state index contributed by atoms with van der Waals surface area (Å²) in [5, 5.41) is 13.3. The van der Waals surface area contributed by atoms with Crippen LogP contribution in [0.4, 0.5) is 0 Å². The van der Waals surface area contributed by atoms with Gasteiger partial charge in [-0.05, 0) is 37.5 Å². The van der Waals surface area contributed by atoms with Crippen molar-refractivity contribution in [1.29, 1.82) is 0 Å². The lowest BCUT2D eigenvalue weighted by atomic mass is 9.99. The average molecular weight is 386 g/mol. The zero-order chi connectivity index (χ0) is 20.4. The van der Waals surface area contributed by atoms with Crippen LogP contribution in [0.3, 0.4) is 0 Å². The van der Waals surface area contributed by atoms with E-state index < -0.39 is 0 Å². The van der Waals surface area contributed by atoms with E-state index in [1.807, 2.05) is 25.1 Å². The number of aliphatic imine (C=N–C) groups is 1. The third-order valence-electron chi connectivity index (χ3n) is 4.62. The molecule has 28 heavy (non-hydrogen) atoms. The zero-order valence-electron chi connectivity index (χ0n) is 17.2. The van der Waals surface area contributed by atoms with Crippen LogP contribution in [0.1, 0.15) is 66.9 Å². The number of hydrogen-bond donors (Lipinski definition) is 3. The van der Waals surface area contributed by atoms with Crippen molar-refractivity contribution in [2.24, 2.45) is 4.99 Å². The summed E-state index contributed by atoms with van der Waals surface area (Å²) in [6.45, 7) is 8.15. The highest BCUT2D eigenvalue weighted by molar-refractivity contribution is 5.93. The van der Waals surface area contributed by atoms with Crippen LogP contribution >= 0.6 is 0 Å². The summed E-state index contributed by atoms with van der Waals surface area (Å²) in [7, 11) is 1.62. The molecule has 3 N–H and O–H groups in total. The van der Waals surface area contributed by atoms with Crippen molar-refractivity contribution >= 4 is 11.9 Å². The van der Waals surface area contributed by atoms with Gasteiger partial charge in [0.2, 0.25) is 0 Å². The third kappa shape index (κ3) is 6.11. The van der Waals surface area contributed by atoms with Gasteiger partial charge in [-0.1, -0.05) is 31.1 Å². The van der Waals surface area contributed by atoms with Crippen molar-refractivity contribution in [3.8, 4) is 0 Å². The topological polar surface area (TPSA) is 91.5 Å². The van der Waals surface area contributed by atoms with Crippen molar-refractivity contribution in [2.75, 3.05) is 13.6 Å². The first kappa shape index (κ1) is 21.5. The van der Waals surface area contributed by atoms with E-state index in [1.165, 1.54) is 0 Å². The van der Waals surface area contributed by atoms with Gasteiger partial charge >= 0.3 is 0 Å². The fraction of sp³-hybridized carbons (Fsp3) is 0.476. The van der Waals surface area contributed by atoms with Crippen LogP contribution in [-0.4, -0.2) is 30.6 Å². The van der Waals surface area contributed by atoms with Gasteiger partial charge in [0.15, 0.2) is 11.7 Å². The lowest BCUT2D eigenvalue weighted by Crippen LogP contribution is -2.36. The molecule has 1 amide bonds. The number of carbonyl (C=O) groups excluding carboxylic acids is 1. The molecule has 0 aliphatic heterocycles. The molecule has 152 valence electrons. The normalized spacial score (nSPS) is 11.5. The van der Waals surface area contributed by atoms with E-state index in [1.54, 1.807) is 19.2 Å². The Morgan fingerprint density at radius 1 is 1.14 bits per heavy atom. The second-order valence-electron chi connectivity index (χ2n) is 6.56. The fourth-order valence-corrected chi connectivity index (χ4v) is 2.90. The quantitative estimate of drug-likeness (QED) is 0.455. The van der Waals surface area contributed by atoms with Crippen molar-refractivity contribution in [3.63, 3.8) is 0 Å². The Morgan fingerprint density at radius 3 is 2.46 bits per heavy atom. The van der Waals surface area contributed by atoms with Gasteiger partial charge in [-0.15, -0.1) is 0 Å². The first-order valence-electron chi connectivity index (χ1n) is 9.89. The molecule has 0 bridgehead atoms. The van der Waals surface area contributed by atoms with Crippen molar-refractivity contribution in [3.05, 3.63) is 52.9 Å². The minimum atomic E-state index is -0.0927. The van der Waals surface area contributed by atoms with E-state index in [2.05, 4.69) is 39.9 Å². The summed E-state index contributed by atoms with van der Waals surface area (Å²) in [5.74, 6) is 1.85. The second-order valence-corrected chi connectivity index (χ2v) is 6.56. The van der Waals surface area contributed by atoms with Crippen LogP contribution in [-0.2, 0) is 13.1 Å².